The average Bonchev–Trinajstić information content (AvgIpc) is 2.39. The molecule has 20 heavy (non-hydrogen) atoms. The first-order chi connectivity index (χ1) is 9.37. The molecule has 1 heterocycles. The predicted molar refractivity (Wildman–Crippen MR) is 79.1 cm³/mol. The number of carbonyl (C=O) groups excluding carboxylic acids is 1. The van der Waals surface area contributed by atoms with Gasteiger partial charge in [0.15, 0.2) is 9.84 Å². The molecule has 2 rings (SSSR count). The van der Waals surface area contributed by atoms with E-state index in [0.29, 0.717) is 25.2 Å². The fourth-order valence-electron chi connectivity index (χ4n) is 2.30. The van der Waals surface area contributed by atoms with E-state index < -0.39 is 9.84 Å². The van der Waals surface area contributed by atoms with Crippen LogP contribution in [-0.2, 0) is 14.6 Å². The fraction of sp³-hybridized carbons (Fsp3) is 0.500. The van der Waals surface area contributed by atoms with Gasteiger partial charge in [-0.2, -0.15) is 0 Å². The number of hydrogen-bond acceptors (Lipinski definition) is 4. The number of benzene rings is 1. The number of nitrogens with two attached hydrogens (primary N) is 1. The second kappa shape index (κ2) is 5.83. The van der Waals surface area contributed by atoms with E-state index in [4.69, 9.17) is 5.73 Å². The molecule has 1 unspecified atom stereocenters. The summed E-state index contributed by atoms with van der Waals surface area (Å²) in [6, 6.07) is 7.50. The zero-order valence-electron chi connectivity index (χ0n) is 11.6. The second-order valence-electron chi connectivity index (χ2n) is 5.30. The molecule has 110 valence electrons. The van der Waals surface area contributed by atoms with Gasteiger partial charge in [0.05, 0.1) is 11.5 Å². The molecule has 1 amide bonds. The maximum absolute atomic E-state index is 12.2. The number of rotatable bonds is 3. The Morgan fingerprint density at radius 3 is 2.35 bits per heavy atom. The molecule has 0 spiro atoms. The van der Waals surface area contributed by atoms with Crippen molar-refractivity contribution < 1.29 is 13.2 Å². The Bertz CT molecular complexity index is 567. The van der Waals surface area contributed by atoms with Crippen molar-refractivity contribution in [1.82, 2.24) is 4.90 Å². The van der Waals surface area contributed by atoms with Crippen LogP contribution in [0.4, 0.5) is 5.69 Å². The Morgan fingerprint density at radius 1 is 1.25 bits per heavy atom. The number of sulfone groups is 1. The predicted octanol–water partition coefficient (Wildman–Crippen LogP) is 1.02. The van der Waals surface area contributed by atoms with E-state index in [0.717, 1.165) is 5.56 Å². The molecule has 1 aliphatic rings. The first-order valence-corrected chi connectivity index (χ1v) is 8.53. The molecule has 0 radical (unpaired) electrons. The highest BCUT2D eigenvalue weighted by Gasteiger charge is 2.25. The highest BCUT2D eigenvalue weighted by atomic mass is 32.2. The van der Waals surface area contributed by atoms with Gasteiger partial charge in [0.2, 0.25) is 5.91 Å². The van der Waals surface area contributed by atoms with Crippen LogP contribution in [0, 0.1) is 0 Å². The molecule has 0 saturated carbocycles. The van der Waals surface area contributed by atoms with Crippen molar-refractivity contribution in [2.45, 2.75) is 19.3 Å². The summed E-state index contributed by atoms with van der Waals surface area (Å²) in [4.78, 5) is 13.8. The number of carbonyl (C=O) groups is 1. The zero-order chi connectivity index (χ0) is 14.8. The van der Waals surface area contributed by atoms with Gasteiger partial charge in [0, 0.05) is 25.2 Å². The Kier molecular flexibility index (Phi) is 4.32. The molecule has 1 atom stereocenters. The monoisotopic (exact) mass is 296 g/mol. The third-order valence-corrected chi connectivity index (χ3v) is 5.29. The summed E-state index contributed by atoms with van der Waals surface area (Å²) in [5.41, 5.74) is 7.41. The Hall–Kier alpha value is -1.56. The molecule has 6 heteroatoms. The lowest BCUT2D eigenvalue weighted by atomic mass is 9.97. The van der Waals surface area contributed by atoms with Gasteiger partial charge in [-0.1, -0.05) is 19.1 Å². The molecule has 0 aliphatic carbocycles. The van der Waals surface area contributed by atoms with E-state index in [1.165, 1.54) is 0 Å². The minimum absolute atomic E-state index is 0.0178. The van der Waals surface area contributed by atoms with Crippen LogP contribution in [0.5, 0.6) is 0 Å². The molecule has 1 saturated heterocycles. The van der Waals surface area contributed by atoms with Crippen LogP contribution in [-0.4, -0.2) is 43.8 Å². The third-order valence-electron chi connectivity index (χ3n) is 3.68. The molecule has 0 aromatic heterocycles. The van der Waals surface area contributed by atoms with Crippen LogP contribution in [0.25, 0.3) is 0 Å². The number of nitrogen functional groups attached to an aromatic ring is 1. The quantitative estimate of drug-likeness (QED) is 0.844. The highest BCUT2D eigenvalue weighted by molar-refractivity contribution is 7.91. The van der Waals surface area contributed by atoms with Gasteiger partial charge in [-0.25, -0.2) is 8.42 Å². The van der Waals surface area contributed by atoms with Crippen LogP contribution >= 0.6 is 0 Å². The van der Waals surface area contributed by atoms with Crippen LogP contribution in [0.15, 0.2) is 24.3 Å². The van der Waals surface area contributed by atoms with Gasteiger partial charge in [-0.3, -0.25) is 4.79 Å². The van der Waals surface area contributed by atoms with Gasteiger partial charge in [-0.15, -0.1) is 0 Å². The second-order valence-corrected chi connectivity index (χ2v) is 7.61. The van der Waals surface area contributed by atoms with E-state index in [1.54, 1.807) is 4.90 Å². The van der Waals surface area contributed by atoms with E-state index in [1.807, 2.05) is 31.2 Å². The Labute approximate surface area is 119 Å². The smallest absolute Gasteiger partial charge is 0.223 e. The van der Waals surface area contributed by atoms with E-state index in [9.17, 15) is 13.2 Å². The van der Waals surface area contributed by atoms with Gasteiger partial charge in [0.25, 0.3) is 0 Å². The molecular formula is C14H20N2O3S. The Morgan fingerprint density at radius 2 is 1.80 bits per heavy atom. The number of nitrogens with zero attached hydrogens (tertiary/aromatic N) is 1. The van der Waals surface area contributed by atoms with Crippen molar-refractivity contribution in [2.24, 2.45) is 0 Å². The van der Waals surface area contributed by atoms with Gasteiger partial charge in [-0.05, 0) is 23.6 Å². The summed E-state index contributed by atoms with van der Waals surface area (Å²) in [7, 11) is -2.94. The summed E-state index contributed by atoms with van der Waals surface area (Å²) in [5.74, 6) is 0.273. The van der Waals surface area contributed by atoms with E-state index >= 15 is 0 Å². The normalized spacial score (nSPS) is 19.6. The van der Waals surface area contributed by atoms with Gasteiger partial charge < -0.3 is 10.6 Å². The number of hydrogen-bond donors (Lipinski definition) is 1. The first kappa shape index (κ1) is 14.8. The van der Waals surface area contributed by atoms with Crippen LogP contribution in [0.1, 0.15) is 24.8 Å². The minimum Gasteiger partial charge on any atom is -0.399 e. The molecule has 5 nitrogen and oxygen atoms in total. The molecule has 2 N–H and O–H groups in total. The SMILES string of the molecule is CC(CC(=O)N1CCS(=O)(=O)CC1)c1ccc(N)cc1. The lowest BCUT2D eigenvalue weighted by Gasteiger charge is -2.27. The number of amides is 1. The highest BCUT2D eigenvalue weighted by Crippen LogP contribution is 2.21. The molecule has 1 aromatic rings. The fourth-order valence-corrected chi connectivity index (χ4v) is 3.50. The maximum atomic E-state index is 12.2. The summed E-state index contributed by atoms with van der Waals surface area (Å²) in [5, 5.41) is 0. The molecule has 1 aromatic carbocycles. The van der Waals surface area contributed by atoms with Crippen molar-refractivity contribution in [1.29, 1.82) is 0 Å². The lowest BCUT2D eigenvalue weighted by molar-refractivity contribution is -0.131. The third kappa shape index (κ3) is 3.72. The van der Waals surface area contributed by atoms with Crippen LogP contribution < -0.4 is 5.73 Å². The Balaban J connectivity index is 1.93. The number of anilines is 1. The first-order valence-electron chi connectivity index (χ1n) is 6.71. The summed E-state index contributed by atoms with van der Waals surface area (Å²) in [6.07, 6.45) is 0.393. The van der Waals surface area contributed by atoms with Gasteiger partial charge in [0.1, 0.15) is 0 Å². The molecule has 0 bridgehead atoms. The van der Waals surface area contributed by atoms with Crippen molar-refractivity contribution >= 4 is 21.4 Å². The molecule has 1 fully saturated rings. The summed E-state index contributed by atoms with van der Waals surface area (Å²) >= 11 is 0. The largest absolute Gasteiger partial charge is 0.399 e. The zero-order valence-corrected chi connectivity index (χ0v) is 12.4. The standard InChI is InChI=1S/C14H20N2O3S/c1-11(12-2-4-13(15)5-3-12)10-14(17)16-6-8-20(18,19)9-7-16/h2-5,11H,6-10,15H2,1H3. The lowest BCUT2D eigenvalue weighted by Crippen LogP contribution is -2.44. The average molecular weight is 296 g/mol. The van der Waals surface area contributed by atoms with Crippen molar-refractivity contribution in [3.63, 3.8) is 0 Å². The van der Waals surface area contributed by atoms with Crippen LogP contribution in [0.2, 0.25) is 0 Å². The van der Waals surface area contributed by atoms with E-state index in [-0.39, 0.29) is 23.3 Å². The van der Waals surface area contributed by atoms with Gasteiger partial charge >= 0.3 is 0 Å². The van der Waals surface area contributed by atoms with E-state index in [2.05, 4.69) is 0 Å². The van der Waals surface area contributed by atoms with Crippen molar-refractivity contribution in [3.8, 4) is 0 Å². The van der Waals surface area contributed by atoms with Crippen molar-refractivity contribution in [3.05, 3.63) is 29.8 Å². The minimum atomic E-state index is -2.94. The van der Waals surface area contributed by atoms with Crippen LogP contribution in [0.3, 0.4) is 0 Å². The topological polar surface area (TPSA) is 80.5 Å². The molecule has 1 aliphatic heterocycles. The maximum Gasteiger partial charge on any atom is 0.223 e. The molecular weight excluding hydrogens is 276 g/mol. The summed E-state index contributed by atoms with van der Waals surface area (Å²) in [6.45, 7) is 2.62. The van der Waals surface area contributed by atoms with Crippen molar-refractivity contribution in [2.75, 3.05) is 30.3 Å². The summed E-state index contributed by atoms with van der Waals surface area (Å²) < 4.78 is 22.7.